The molecule has 0 fully saturated rings. The predicted molar refractivity (Wildman–Crippen MR) is 158 cm³/mol. The van der Waals surface area contributed by atoms with Gasteiger partial charge in [0, 0.05) is 35.8 Å². The third-order valence-electron chi connectivity index (χ3n) is 8.83. The van der Waals surface area contributed by atoms with Gasteiger partial charge in [0.05, 0.1) is 39.3 Å². The molecule has 1 N–H and O–H groups in total. The minimum atomic E-state index is -4.94. The topological polar surface area (TPSA) is 36.9 Å². The number of nitrogens with one attached hydrogen (secondary N) is 1. The molecule has 0 saturated heterocycles. The summed E-state index contributed by atoms with van der Waals surface area (Å²) in [6.45, 7) is 7.85. The first kappa shape index (κ1) is 30.9. The number of halogens is 7. The summed E-state index contributed by atoms with van der Waals surface area (Å²) in [7, 11) is 0. The fourth-order valence-electron chi connectivity index (χ4n) is 6.47. The summed E-state index contributed by atoms with van der Waals surface area (Å²) in [6, 6.07) is 12.6. The Morgan fingerprint density at radius 1 is 0.867 bits per heavy atom. The van der Waals surface area contributed by atoms with E-state index in [-0.39, 0.29) is 24.7 Å². The lowest BCUT2D eigenvalue weighted by Gasteiger charge is -2.32. The molecule has 4 nitrogen and oxygen atoms in total. The maximum Gasteiger partial charge on any atom is 0.416 e. The van der Waals surface area contributed by atoms with Crippen LogP contribution in [0, 0.1) is 5.82 Å². The second-order valence-corrected chi connectivity index (χ2v) is 11.9. The van der Waals surface area contributed by atoms with Crippen molar-refractivity contribution in [3.05, 3.63) is 106 Å². The van der Waals surface area contributed by atoms with Crippen molar-refractivity contribution >= 4 is 10.9 Å². The lowest BCUT2D eigenvalue weighted by molar-refractivity contribution is -0.143. The molecule has 5 aromatic rings. The van der Waals surface area contributed by atoms with Crippen LogP contribution < -0.4 is 0 Å². The van der Waals surface area contributed by atoms with Crippen molar-refractivity contribution in [2.75, 3.05) is 0 Å². The summed E-state index contributed by atoms with van der Waals surface area (Å²) in [4.78, 5) is 4.79. The van der Waals surface area contributed by atoms with Gasteiger partial charge in [-0.1, -0.05) is 32.0 Å². The van der Waals surface area contributed by atoms with Crippen LogP contribution in [0.15, 0.2) is 60.8 Å². The van der Waals surface area contributed by atoms with Crippen LogP contribution in [-0.4, -0.2) is 19.7 Å². The van der Waals surface area contributed by atoms with Crippen molar-refractivity contribution in [1.82, 2.24) is 19.7 Å². The first-order chi connectivity index (χ1) is 21.1. The Bertz CT molecular complexity index is 1860. The standard InChI is InChI=1S/C34H31F7N4/c1-5-20-8-7-9-21(6-2)29(20)45-30(25-10-11-27(35)28-24(25)12-13-42-28)26-18-44(32(3,4)31(26)43-45)17-19-14-22(33(36,37)38)16-23(15-19)34(39,40)41/h7-16,42H,5-6,17-18H2,1-4H3. The van der Waals surface area contributed by atoms with Gasteiger partial charge in [-0.2, -0.15) is 31.4 Å². The van der Waals surface area contributed by atoms with Crippen LogP contribution in [0.5, 0.6) is 0 Å². The van der Waals surface area contributed by atoms with Crippen molar-refractivity contribution < 1.29 is 30.7 Å². The number of aromatic amines is 1. The third kappa shape index (κ3) is 5.20. The van der Waals surface area contributed by atoms with E-state index < -0.39 is 34.8 Å². The molecule has 0 radical (unpaired) electrons. The number of aryl methyl sites for hydroxylation is 2. The molecule has 11 heteroatoms. The fourth-order valence-corrected chi connectivity index (χ4v) is 6.47. The van der Waals surface area contributed by atoms with Crippen LogP contribution in [0.2, 0.25) is 0 Å². The van der Waals surface area contributed by atoms with Crippen molar-refractivity contribution in [2.45, 2.75) is 71.5 Å². The van der Waals surface area contributed by atoms with Crippen LogP contribution in [-0.2, 0) is 43.8 Å². The second-order valence-electron chi connectivity index (χ2n) is 11.9. The van der Waals surface area contributed by atoms with Crippen molar-refractivity contribution in [3.8, 4) is 16.9 Å². The molecule has 0 spiro atoms. The lowest BCUT2D eigenvalue weighted by atomic mass is 9.96. The number of benzene rings is 3. The SMILES string of the molecule is CCc1cccc(CC)c1-n1nc2c(c1-c1ccc(F)c3[nH]ccc13)CN(Cc1cc(C(F)(F)F)cc(C(F)(F)F)c1)C2(C)C. The minimum absolute atomic E-state index is 0.107. The molecule has 45 heavy (non-hydrogen) atoms. The zero-order valence-electron chi connectivity index (χ0n) is 25.1. The monoisotopic (exact) mass is 628 g/mol. The van der Waals surface area contributed by atoms with E-state index >= 15 is 0 Å². The summed E-state index contributed by atoms with van der Waals surface area (Å²) in [5, 5.41) is 5.77. The van der Waals surface area contributed by atoms with Crippen LogP contribution in [0.3, 0.4) is 0 Å². The molecule has 6 rings (SSSR count). The van der Waals surface area contributed by atoms with Crippen LogP contribution >= 0.6 is 0 Å². The molecule has 0 aliphatic carbocycles. The Morgan fingerprint density at radius 2 is 1.49 bits per heavy atom. The zero-order valence-corrected chi connectivity index (χ0v) is 25.1. The Labute approximate surface area is 255 Å². The van der Waals surface area contributed by atoms with E-state index in [0.29, 0.717) is 27.9 Å². The molecule has 0 bridgehead atoms. The van der Waals surface area contributed by atoms with Crippen molar-refractivity contribution in [2.24, 2.45) is 0 Å². The molecule has 1 aliphatic heterocycles. The van der Waals surface area contributed by atoms with Crippen molar-refractivity contribution in [3.63, 3.8) is 0 Å². The number of fused-ring (bicyclic) bond motifs is 2. The van der Waals surface area contributed by atoms with Gasteiger partial charge in [0.2, 0.25) is 0 Å². The smallest absolute Gasteiger partial charge is 0.359 e. The highest BCUT2D eigenvalue weighted by Crippen LogP contribution is 2.47. The van der Waals surface area contributed by atoms with Gasteiger partial charge in [0.15, 0.2) is 0 Å². The molecular weight excluding hydrogens is 597 g/mol. The maximum atomic E-state index is 14.8. The van der Waals surface area contributed by atoms with Crippen LogP contribution in [0.4, 0.5) is 30.7 Å². The summed E-state index contributed by atoms with van der Waals surface area (Å²) in [5.74, 6) is -0.420. The molecular formula is C34H31F7N4. The minimum Gasteiger partial charge on any atom is -0.359 e. The maximum absolute atomic E-state index is 14.8. The van der Waals surface area contributed by atoms with Gasteiger partial charge in [-0.3, -0.25) is 4.90 Å². The van der Waals surface area contributed by atoms with Gasteiger partial charge in [0.1, 0.15) is 5.82 Å². The number of para-hydroxylation sites is 1. The van der Waals surface area contributed by atoms with Gasteiger partial charge < -0.3 is 4.98 Å². The van der Waals surface area contributed by atoms with Gasteiger partial charge in [-0.15, -0.1) is 0 Å². The highest BCUT2D eigenvalue weighted by molar-refractivity contribution is 5.96. The first-order valence-electron chi connectivity index (χ1n) is 14.7. The Kier molecular flexibility index (Phi) is 7.38. The summed E-state index contributed by atoms with van der Waals surface area (Å²) >= 11 is 0. The van der Waals surface area contributed by atoms with E-state index in [1.165, 1.54) is 6.07 Å². The molecule has 0 unspecified atom stereocenters. The molecule has 236 valence electrons. The number of hydrogen-bond acceptors (Lipinski definition) is 2. The van der Waals surface area contributed by atoms with Crippen LogP contribution in [0.1, 0.15) is 66.8 Å². The van der Waals surface area contributed by atoms with Gasteiger partial charge in [-0.25, -0.2) is 9.07 Å². The predicted octanol–water partition coefficient (Wildman–Crippen LogP) is 9.57. The quantitative estimate of drug-likeness (QED) is 0.190. The Morgan fingerprint density at radius 3 is 2.07 bits per heavy atom. The number of rotatable bonds is 6. The average Bonchev–Trinajstić information content (AvgIpc) is 3.67. The zero-order chi connectivity index (χ0) is 32.5. The normalized spacial score (nSPS) is 15.3. The molecule has 3 aromatic carbocycles. The van der Waals surface area contributed by atoms with Gasteiger partial charge in [-0.05, 0) is 79.8 Å². The van der Waals surface area contributed by atoms with E-state index in [2.05, 4.69) is 4.98 Å². The van der Waals surface area contributed by atoms with Gasteiger partial charge in [0.25, 0.3) is 0 Å². The molecule has 2 aromatic heterocycles. The molecule has 0 amide bonds. The molecule has 3 heterocycles. The molecule has 0 atom stereocenters. The van der Waals surface area contributed by atoms with Gasteiger partial charge >= 0.3 is 12.4 Å². The molecule has 1 aliphatic rings. The average molecular weight is 629 g/mol. The fraction of sp³-hybridized carbons (Fsp3) is 0.324. The highest BCUT2D eigenvalue weighted by Gasteiger charge is 2.44. The van der Waals surface area contributed by atoms with E-state index in [9.17, 15) is 30.7 Å². The van der Waals surface area contributed by atoms with E-state index in [1.54, 1.807) is 18.3 Å². The summed E-state index contributed by atoms with van der Waals surface area (Å²) in [6.07, 6.45) is -6.79. The van der Waals surface area contributed by atoms with E-state index in [4.69, 9.17) is 5.10 Å². The van der Waals surface area contributed by atoms with Crippen molar-refractivity contribution in [1.29, 1.82) is 0 Å². The number of H-pyrrole nitrogens is 1. The second kappa shape index (κ2) is 10.8. The largest absolute Gasteiger partial charge is 0.416 e. The number of hydrogen-bond donors (Lipinski definition) is 1. The van der Waals surface area contributed by atoms with E-state index in [1.807, 2.05) is 55.5 Å². The van der Waals surface area contributed by atoms with E-state index in [0.717, 1.165) is 47.4 Å². The first-order valence-corrected chi connectivity index (χ1v) is 14.7. The Hall–Kier alpha value is -4.12. The van der Waals surface area contributed by atoms with Crippen LogP contribution in [0.25, 0.3) is 27.8 Å². The third-order valence-corrected chi connectivity index (χ3v) is 8.83. The number of nitrogens with zero attached hydrogens (tertiary/aromatic N) is 3. The Balaban J connectivity index is 1.54. The number of alkyl halides is 6. The number of aromatic nitrogens is 3. The lowest BCUT2D eigenvalue weighted by Crippen LogP contribution is -2.36. The highest BCUT2D eigenvalue weighted by atomic mass is 19.4. The summed E-state index contributed by atoms with van der Waals surface area (Å²) < 4.78 is 98.6. The molecule has 0 saturated carbocycles. The summed E-state index contributed by atoms with van der Waals surface area (Å²) in [5.41, 5.74) is 2.54.